The zero-order valence-corrected chi connectivity index (χ0v) is 12.8. The highest BCUT2D eigenvalue weighted by Gasteiger charge is 2.31. The fourth-order valence-corrected chi connectivity index (χ4v) is 2.51. The third-order valence-electron chi connectivity index (χ3n) is 3.50. The summed E-state index contributed by atoms with van der Waals surface area (Å²) in [7, 11) is 0. The van der Waals surface area contributed by atoms with Crippen LogP contribution in [-0.4, -0.2) is 12.2 Å². The van der Waals surface area contributed by atoms with Gasteiger partial charge in [0.15, 0.2) is 0 Å². The van der Waals surface area contributed by atoms with Gasteiger partial charge < -0.3 is 9.47 Å². The van der Waals surface area contributed by atoms with Crippen molar-refractivity contribution in [2.75, 3.05) is 0 Å². The molecule has 20 heavy (non-hydrogen) atoms. The van der Waals surface area contributed by atoms with E-state index in [0.717, 1.165) is 23.1 Å². The molecule has 104 valence electrons. The normalized spacial score (nSPS) is 21.2. The maximum atomic E-state index is 5.89. The highest BCUT2D eigenvalue weighted by Crippen LogP contribution is 2.29. The first kappa shape index (κ1) is 13.7. The number of hydrogen-bond donors (Lipinski definition) is 0. The van der Waals surface area contributed by atoms with Crippen LogP contribution in [-0.2, 0) is 11.3 Å². The van der Waals surface area contributed by atoms with Gasteiger partial charge in [-0.2, -0.15) is 0 Å². The molecule has 0 N–H and O–H groups in total. The second-order valence-electron chi connectivity index (χ2n) is 5.08. The molecule has 0 amide bonds. The third-order valence-corrected chi connectivity index (χ3v) is 4.03. The summed E-state index contributed by atoms with van der Waals surface area (Å²) in [5.41, 5.74) is 1.23. The van der Waals surface area contributed by atoms with Gasteiger partial charge in [-0.3, -0.25) is 0 Å². The third kappa shape index (κ3) is 3.62. The maximum Gasteiger partial charge on any atom is 0.119 e. The van der Waals surface area contributed by atoms with E-state index in [1.54, 1.807) is 0 Å². The van der Waals surface area contributed by atoms with Gasteiger partial charge in [0, 0.05) is 17.3 Å². The van der Waals surface area contributed by atoms with Gasteiger partial charge in [0.2, 0.25) is 0 Å². The molecule has 0 radical (unpaired) electrons. The fourth-order valence-electron chi connectivity index (χ4n) is 2.24. The van der Waals surface area contributed by atoms with E-state index in [9.17, 15) is 0 Å². The van der Waals surface area contributed by atoms with E-state index in [0.29, 0.717) is 12.7 Å². The summed E-state index contributed by atoms with van der Waals surface area (Å²) in [5, 5.41) is 0. The van der Waals surface area contributed by atoms with Crippen molar-refractivity contribution in [2.24, 2.45) is 0 Å². The molecular formula is C17H17BrO2. The quantitative estimate of drug-likeness (QED) is 0.798. The molecule has 0 saturated heterocycles. The Kier molecular flexibility index (Phi) is 4.38. The predicted octanol–water partition coefficient (Wildman–Crippen LogP) is 4.58. The second-order valence-corrected chi connectivity index (χ2v) is 6.00. The Labute approximate surface area is 127 Å². The summed E-state index contributed by atoms with van der Waals surface area (Å²) in [6.45, 7) is 0.691. The first-order chi connectivity index (χ1) is 9.79. The maximum absolute atomic E-state index is 5.89. The zero-order chi connectivity index (χ0) is 13.8. The van der Waals surface area contributed by atoms with E-state index in [-0.39, 0.29) is 6.10 Å². The van der Waals surface area contributed by atoms with Gasteiger partial charge in [0.25, 0.3) is 0 Å². The van der Waals surface area contributed by atoms with Crippen LogP contribution < -0.4 is 4.74 Å². The van der Waals surface area contributed by atoms with Crippen LogP contribution in [0.4, 0.5) is 0 Å². The van der Waals surface area contributed by atoms with E-state index in [1.165, 1.54) is 5.56 Å². The standard InChI is InChI=1S/C17H17BrO2/c18-14-6-8-15(9-7-14)20-17-10-16(11-17)19-12-13-4-2-1-3-5-13/h1-9,16-17H,10-12H2. The Bertz CT molecular complexity index is 533. The molecule has 1 aliphatic carbocycles. The molecule has 1 saturated carbocycles. The molecule has 0 aromatic heterocycles. The van der Waals surface area contributed by atoms with Crippen molar-refractivity contribution in [3.05, 3.63) is 64.6 Å². The van der Waals surface area contributed by atoms with Gasteiger partial charge in [-0.25, -0.2) is 0 Å². The molecule has 2 aromatic rings. The smallest absolute Gasteiger partial charge is 0.119 e. The van der Waals surface area contributed by atoms with Crippen LogP contribution >= 0.6 is 15.9 Å². The van der Waals surface area contributed by atoms with Gasteiger partial charge in [0.1, 0.15) is 11.9 Å². The van der Waals surface area contributed by atoms with Crippen LogP contribution in [0.2, 0.25) is 0 Å². The van der Waals surface area contributed by atoms with Crippen LogP contribution in [0.5, 0.6) is 5.75 Å². The topological polar surface area (TPSA) is 18.5 Å². The largest absolute Gasteiger partial charge is 0.490 e. The Morgan fingerprint density at radius 1 is 0.900 bits per heavy atom. The summed E-state index contributed by atoms with van der Waals surface area (Å²) >= 11 is 3.42. The van der Waals surface area contributed by atoms with Gasteiger partial charge in [-0.1, -0.05) is 46.3 Å². The molecule has 1 fully saturated rings. The summed E-state index contributed by atoms with van der Waals surface area (Å²) in [5.74, 6) is 0.930. The van der Waals surface area contributed by atoms with E-state index in [2.05, 4.69) is 28.1 Å². The highest BCUT2D eigenvalue weighted by atomic mass is 79.9. The number of rotatable bonds is 5. The summed E-state index contributed by atoms with van der Waals surface area (Å²) < 4.78 is 12.8. The molecule has 0 aliphatic heterocycles. The van der Waals surface area contributed by atoms with Gasteiger partial charge in [-0.05, 0) is 29.8 Å². The van der Waals surface area contributed by atoms with Crippen molar-refractivity contribution in [1.82, 2.24) is 0 Å². The highest BCUT2D eigenvalue weighted by molar-refractivity contribution is 9.10. The van der Waals surface area contributed by atoms with Gasteiger partial charge >= 0.3 is 0 Å². The lowest BCUT2D eigenvalue weighted by Gasteiger charge is -2.35. The first-order valence-electron chi connectivity index (χ1n) is 6.87. The van der Waals surface area contributed by atoms with Crippen molar-refractivity contribution in [1.29, 1.82) is 0 Å². The molecule has 2 nitrogen and oxygen atoms in total. The van der Waals surface area contributed by atoms with Crippen molar-refractivity contribution in [3.8, 4) is 5.75 Å². The van der Waals surface area contributed by atoms with E-state index in [4.69, 9.17) is 9.47 Å². The summed E-state index contributed by atoms with van der Waals surface area (Å²) in [6, 6.07) is 18.3. The molecule has 0 unspecified atom stereocenters. The van der Waals surface area contributed by atoms with Crippen molar-refractivity contribution in [3.63, 3.8) is 0 Å². The number of halogens is 1. The SMILES string of the molecule is Brc1ccc(OC2CC(OCc3ccccc3)C2)cc1. The molecule has 0 bridgehead atoms. The first-order valence-corrected chi connectivity index (χ1v) is 7.66. The lowest BCUT2D eigenvalue weighted by atomic mass is 9.92. The lowest BCUT2D eigenvalue weighted by molar-refractivity contribution is -0.0683. The Morgan fingerprint density at radius 3 is 2.30 bits per heavy atom. The van der Waals surface area contributed by atoms with Gasteiger partial charge in [-0.15, -0.1) is 0 Å². The average molecular weight is 333 g/mol. The van der Waals surface area contributed by atoms with Crippen LogP contribution in [0.25, 0.3) is 0 Å². The minimum absolute atomic E-state index is 0.289. The zero-order valence-electron chi connectivity index (χ0n) is 11.2. The molecule has 2 aromatic carbocycles. The molecule has 0 spiro atoms. The van der Waals surface area contributed by atoms with Crippen LogP contribution in [0.3, 0.4) is 0 Å². The predicted molar refractivity (Wildman–Crippen MR) is 82.8 cm³/mol. The minimum atomic E-state index is 0.289. The lowest BCUT2D eigenvalue weighted by Crippen LogP contribution is -2.39. The van der Waals surface area contributed by atoms with Crippen LogP contribution in [0.15, 0.2) is 59.1 Å². The molecule has 0 atom stereocenters. The van der Waals surface area contributed by atoms with Crippen molar-refractivity contribution >= 4 is 15.9 Å². The molecular weight excluding hydrogens is 316 g/mol. The Balaban J connectivity index is 1.39. The van der Waals surface area contributed by atoms with Crippen molar-refractivity contribution < 1.29 is 9.47 Å². The summed E-state index contributed by atoms with van der Waals surface area (Å²) in [6.07, 6.45) is 2.57. The number of ether oxygens (including phenoxy) is 2. The molecule has 0 heterocycles. The van der Waals surface area contributed by atoms with E-state index in [1.807, 2.05) is 42.5 Å². The second kappa shape index (κ2) is 6.42. The Hall–Kier alpha value is -1.32. The van der Waals surface area contributed by atoms with Crippen LogP contribution in [0, 0.1) is 0 Å². The number of benzene rings is 2. The Morgan fingerprint density at radius 2 is 1.60 bits per heavy atom. The summed E-state index contributed by atoms with van der Waals surface area (Å²) in [4.78, 5) is 0. The molecule has 3 rings (SSSR count). The minimum Gasteiger partial charge on any atom is -0.490 e. The average Bonchev–Trinajstić information content (AvgIpc) is 2.44. The fraction of sp³-hybridized carbons (Fsp3) is 0.294. The molecule has 3 heteroatoms. The van der Waals surface area contributed by atoms with Crippen LogP contribution in [0.1, 0.15) is 18.4 Å². The number of hydrogen-bond acceptors (Lipinski definition) is 2. The molecule has 1 aliphatic rings. The monoisotopic (exact) mass is 332 g/mol. The van der Waals surface area contributed by atoms with E-state index >= 15 is 0 Å². The van der Waals surface area contributed by atoms with Crippen molar-refractivity contribution in [2.45, 2.75) is 31.7 Å². The van der Waals surface area contributed by atoms with Gasteiger partial charge in [0.05, 0.1) is 12.7 Å². The van der Waals surface area contributed by atoms with E-state index < -0.39 is 0 Å².